The first-order chi connectivity index (χ1) is 25.2. The normalized spacial score (nSPS) is 40.8. The van der Waals surface area contributed by atoms with E-state index in [2.05, 4.69) is 96.9 Å². The summed E-state index contributed by atoms with van der Waals surface area (Å²) in [5.74, 6) is 1.99. The van der Waals surface area contributed by atoms with Crippen LogP contribution < -0.4 is 5.73 Å². The number of fused-ring (bicyclic) bond motifs is 3. The van der Waals surface area contributed by atoms with Gasteiger partial charge in [0.1, 0.15) is 24.5 Å². The number of hydrogen-bond acceptors (Lipinski definition) is 9. The van der Waals surface area contributed by atoms with Crippen molar-refractivity contribution in [3.05, 3.63) is 36.6 Å². The lowest BCUT2D eigenvalue weighted by Crippen LogP contribution is -2.70. The minimum atomic E-state index is -1.17. The fourth-order valence-electron chi connectivity index (χ4n) is 12.4. The fraction of sp³-hybridized carbons (Fsp3) is 0.791. The lowest BCUT2D eigenvalue weighted by Gasteiger charge is -2.71. The van der Waals surface area contributed by atoms with Crippen molar-refractivity contribution in [3.63, 3.8) is 0 Å². The highest BCUT2D eigenvalue weighted by molar-refractivity contribution is 5.57. The number of aromatic nitrogens is 5. The molecule has 54 heavy (non-hydrogen) atoms. The van der Waals surface area contributed by atoms with Gasteiger partial charge in [-0.2, -0.15) is 5.10 Å². The maximum Gasteiger partial charge on any atom is 0.506 e. The lowest BCUT2D eigenvalue weighted by molar-refractivity contribution is -0.257. The Bertz CT molecular complexity index is 1760. The van der Waals surface area contributed by atoms with Gasteiger partial charge in [0.2, 0.25) is 0 Å². The van der Waals surface area contributed by atoms with E-state index in [0.29, 0.717) is 43.4 Å². The Labute approximate surface area is 322 Å². The highest BCUT2D eigenvalue weighted by Gasteiger charge is 2.72. The molecule has 5 aliphatic rings. The highest BCUT2D eigenvalue weighted by atomic mass is 16.7. The molecular weight excluding hydrogens is 681 g/mol. The van der Waals surface area contributed by atoms with Crippen molar-refractivity contribution in [1.29, 1.82) is 0 Å². The molecule has 1 saturated heterocycles. The summed E-state index contributed by atoms with van der Waals surface area (Å²) in [5.41, 5.74) is 7.05. The Balaban J connectivity index is 1.35. The average molecular weight is 747 g/mol. The summed E-state index contributed by atoms with van der Waals surface area (Å²) < 4.78 is 22.2. The molecule has 2 bridgehead atoms. The van der Waals surface area contributed by atoms with Crippen molar-refractivity contribution in [1.82, 2.24) is 24.7 Å². The van der Waals surface area contributed by atoms with Gasteiger partial charge in [-0.25, -0.2) is 24.4 Å². The summed E-state index contributed by atoms with van der Waals surface area (Å²) in [7, 11) is 0. The smallest absolute Gasteiger partial charge is 0.450 e. The molecule has 0 radical (unpaired) electrons. The van der Waals surface area contributed by atoms with Crippen molar-refractivity contribution in [2.75, 3.05) is 19.8 Å². The van der Waals surface area contributed by atoms with E-state index < -0.39 is 17.8 Å². The van der Waals surface area contributed by atoms with Crippen molar-refractivity contribution >= 4 is 6.16 Å². The second-order valence-electron chi connectivity index (χ2n) is 20.6. The third kappa shape index (κ3) is 5.63. The molecule has 4 fully saturated rings. The van der Waals surface area contributed by atoms with Crippen LogP contribution in [0.5, 0.6) is 0 Å². The molecule has 11 heteroatoms. The van der Waals surface area contributed by atoms with Gasteiger partial charge in [-0.3, -0.25) is 0 Å². The van der Waals surface area contributed by atoms with E-state index in [9.17, 15) is 9.90 Å². The van der Waals surface area contributed by atoms with Crippen LogP contribution in [-0.2, 0) is 14.2 Å². The quantitative estimate of drug-likeness (QED) is 0.199. The van der Waals surface area contributed by atoms with Gasteiger partial charge in [-0.15, -0.1) is 0 Å². The zero-order valence-corrected chi connectivity index (χ0v) is 34.7. The van der Waals surface area contributed by atoms with E-state index >= 15 is 0 Å². The van der Waals surface area contributed by atoms with Crippen LogP contribution in [0.2, 0.25) is 0 Å². The van der Waals surface area contributed by atoms with Gasteiger partial charge >= 0.3 is 6.16 Å². The van der Waals surface area contributed by atoms with Crippen molar-refractivity contribution in [2.24, 2.45) is 61.9 Å². The Morgan fingerprint density at radius 1 is 1.06 bits per heavy atom. The van der Waals surface area contributed by atoms with Gasteiger partial charge in [-0.1, -0.05) is 80.9 Å². The topological polar surface area (TPSA) is 148 Å². The summed E-state index contributed by atoms with van der Waals surface area (Å²) in [4.78, 5) is 26.0. The molecule has 12 atom stereocenters. The summed E-state index contributed by atoms with van der Waals surface area (Å²) in [6.45, 7) is 26.5. The number of nitrogens with two attached hydrogens (primary N) is 1. The number of ether oxygens (including phenoxy) is 3. The third-order valence-corrected chi connectivity index (χ3v) is 16.9. The van der Waals surface area contributed by atoms with Gasteiger partial charge in [0.15, 0.2) is 5.82 Å². The van der Waals surface area contributed by atoms with Crippen LogP contribution in [-0.4, -0.2) is 73.6 Å². The van der Waals surface area contributed by atoms with Crippen LogP contribution in [0.25, 0.3) is 11.5 Å². The minimum absolute atomic E-state index is 0.163. The number of rotatable bonds is 8. The first-order valence-corrected chi connectivity index (χ1v) is 20.4. The minimum Gasteiger partial charge on any atom is -0.450 e. The highest BCUT2D eigenvalue weighted by Crippen LogP contribution is 2.74. The molecule has 0 aromatic carbocycles. The van der Waals surface area contributed by atoms with Gasteiger partial charge in [0.05, 0.1) is 32.0 Å². The van der Waals surface area contributed by atoms with Crippen LogP contribution in [0.15, 0.2) is 36.6 Å². The van der Waals surface area contributed by atoms with E-state index in [0.717, 1.165) is 44.2 Å². The largest absolute Gasteiger partial charge is 0.506 e. The molecule has 4 aliphatic carbocycles. The predicted octanol–water partition coefficient (Wildman–Crippen LogP) is 8.38. The van der Waals surface area contributed by atoms with E-state index in [1.807, 2.05) is 6.07 Å². The van der Waals surface area contributed by atoms with Crippen LogP contribution in [0.4, 0.5) is 4.79 Å². The number of hydrogen-bond donors (Lipinski definition) is 2. The van der Waals surface area contributed by atoms with Crippen LogP contribution in [0.1, 0.15) is 121 Å². The molecule has 2 aromatic rings. The molecular formula is C43H66N6O5. The molecule has 1 aliphatic heterocycles. The second kappa shape index (κ2) is 13.1. The van der Waals surface area contributed by atoms with Crippen molar-refractivity contribution in [3.8, 4) is 11.5 Å². The Morgan fingerprint density at radius 3 is 2.44 bits per heavy atom. The van der Waals surface area contributed by atoms with Crippen LogP contribution in [0.3, 0.4) is 0 Å². The Kier molecular flexibility index (Phi) is 9.53. The number of carboxylic acid groups (broad SMARTS) is 1. The molecule has 11 nitrogen and oxygen atoms in total. The maximum absolute atomic E-state index is 12.5. The SMILES string of the molecule is CC(C)[C@@H](C)[C@@]1(C)CC[C@]2(C)[C@H]3CC[C@@H]4[C@@]5(COC[C@@]4(C)[C@@H](OC[C@](C)(N)C(C)(C)C)[C@H](n4ncnc4-c4ccncn4)C5)C3=CC[C@]2(C)[C@@H]1OC(=O)O. The summed E-state index contributed by atoms with van der Waals surface area (Å²) in [6.07, 6.45) is 11.2. The van der Waals surface area contributed by atoms with E-state index in [1.165, 1.54) is 5.57 Å². The molecule has 0 amide bonds. The number of carbonyl (C=O) groups is 1. The maximum atomic E-state index is 12.5. The summed E-state index contributed by atoms with van der Waals surface area (Å²) in [6, 6.07) is 1.72. The molecule has 0 spiro atoms. The van der Waals surface area contributed by atoms with Gasteiger partial charge < -0.3 is 25.1 Å². The van der Waals surface area contributed by atoms with E-state index in [1.54, 1.807) is 18.9 Å². The zero-order valence-electron chi connectivity index (χ0n) is 34.7. The molecule has 3 N–H and O–H groups in total. The summed E-state index contributed by atoms with van der Waals surface area (Å²) in [5, 5.41) is 15.2. The molecule has 3 heterocycles. The predicted molar refractivity (Wildman–Crippen MR) is 207 cm³/mol. The second-order valence-corrected chi connectivity index (χ2v) is 20.6. The van der Waals surface area contributed by atoms with Crippen molar-refractivity contribution < 1.29 is 24.1 Å². The molecule has 298 valence electrons. The van der Waals surface area contributed by atoms with E-state index in [4.69, 9.17) is 30.0 Å². The van der Waals surface area contributed by atoms with Crippen LogP contribution >= 0.6 is 0 Å². The van der Waals surface area contributed by atoms with E-state index in [-0.39, 0.29) is 50.6 Å². The molecule has 7 rings (SSSR count). The number of allylic oxidation sites excluding steroid dienone is 1. The lowest BCUT2D eigenvalue weighted by atomic mass is 9.35. The first-order valence-electron chi connectivity index (χ1n) is 20.4. The molecule has 0 unspecified atom stereocenters. The van der Waals surface area contributed by atoms with Gasteiger partial charge in [0.25, 0.3) is 0 Å². The zero-order chi connectivity index (χ0) is 39.3. The standard InChI is InChI=1S/C43H66N6O5/c1-26(2)27(3)38(7)17-18-40(9)28-12-13-32-39(8)21-52-23-43(32,29(28)14-16-41(40,10)35(38)54-36(50)51)20-31(33(39)53-22-42(11,44)37(4,5)6)49-34(47-25-48-49)30-15-19-45-24-46-30/h14-15,19,24-28,31-33,35H,12-13,16-18,20-23,44H2,1-11H3,(H,50,51)/t27-,28+,31-,32+,33+,35-,38-,39-,40-,41-,42+,43+/m1/s1. The van der Waals surface area contributed by atoms with Gasteiger partial charge in [0, 0.05) is 33.4 Å². The molecule has 3 saturated carbocycles. The third-order valence-electron chi connectivity index (χ3n) is 16.9. The fourth-order valence-corrected chi connectivity index (χ4v) is 12.4. The monoisotopic (exact) mass is 747 g/mol. The first kappa shape index (κ1) is 39.3. The van der Waals surface area contributed by atoms with Gasteiger partial charge in [-0.05, 0) is 86.0 Å². The van der Waals surface area contributed by atoms with Crippen molar-refractivity contribution in [2.45, 2.75) is 138 Å². The number of nitrogens with zero attached hydrogens (tertiary/aromatic N) is 5. The average Bonchev–Trinajstić information content (AvgIpc) is 3.59. The Morgan fingerprint density at radius 2 is 1.80 bits per heavy atom. The summed E-state index contributed by atoms with van der Waals surface area (Å²) >= 11 is 0. The molecule has 2 aromatic heterocycles. The van der Waals surface area contributed by atoms with Crippen LogP contribution in [0, 0.1) is 56.2 Å². The Hall–Kier alpha value is -2.89.